The highest BCUT2D eigenvalue weighted by molar-refractivity contribution is 5.53. The quantitative estimate of drug-likeness (QED) is 0.689. The van der Waals surface area contributed by atoms with Gasteiger partial charge in [0.05, 0.1) is 0 Å². The van der Waals surface area contributed by atoms with Gasteiger partial charge in [-0.05, 0) is 31.4 Å². The van der Waals surface area contributed by atoms with Crippen LogP contribution in [0.15, 0.2) is 24.3 Å². The third kappa shape index (κ3) is 1.77. The molecule has 1 nitrogen and oxygen atoms in total. The largest absolute Gasteiger partial charge is 0.371 e. The van der Waals surface area contributed by atoms with Gasteiger partial charge >= 0.3 is 0 Å². The second kappa shape index (κ2) is 4.04. The van der Waals surface area contributed by atoms with E-state index < -0.39 is 0 Å². The van der Waals surface area contributed by atoms with E-state index in [4.69, 9.17) is 0 Å². The van der Waals surface area contributed by atoms with Crippen LogP contribution in [0.1, 0.15) is 31.2 Å². The second-order valence-corrected chi connectivity index (χ2v) is 4.34. The molecule has 1 aliphatic rings. The molecule has 1 aliphatic carbocycles. The molecular formula is C13H19N. The number of nitrogens with zero attached hydrogens (tertiary/aromatic N) is 1. The molecule has 0 spiro atoms. The monoisotopic (exact) mass is 189 g/mol. The molecule has 0 aromatic heterocycles. The van der Waals surface area contributed by atoms with Crippen molar-refractivity contribution >= 4 is 5.69 Å². The van der Waals surface area contributed by atoms with Gasteiger partial charge in [-0.3, -0.25) is 0 Å². The van der Waals surface area contributed by atoms with Gasteiger partial charge in [-0.25, -0.2) is 0 Å². The second-order valence-electron chi connectivity index (χ2n) is 4.34. The Morgan fingerprint density at radius 2 is 1.79 bits per heavy atom. The molecule has 76 valence electrons. The molecule has 14 heavy (non-hydrogen) atoms. The molecule has 0 unspecified atom stereocenters. The predicted octanol–water partition coefficient (Wildman–Crippen LogP) is 3.37. The van der Waals surface area contributed by atoms with Gasteiger partial charge in [0.1, 0.15) is 0 Å². The summed E-state index contributed by atoms with van der Waals surface area (Å²) in [5, 5.41) is 0. The summed E-state index contributed by atoms with van der Waals surface area (Å²) in [6.45, 7) is 2.20. The van der Waals surface area contributed by atoms with Crippen LogP contribution in [0.5, 0.6) is 0 Å². The van der Waals surface area contributed by atoms with E-state index in [2.05, 4.69) is 43.1 Å². The summed E-state index contributed by atoms with van der Waals surface area (Å²) in [5.41, 5.74) is 2.79. The van der Waals surface area contributed by atoms with E-state index in [1.54, 1.807) is 0 Å². The molecule has 0 radical (unpaired) electrons. The Kier molecular flexibility index (Phi) is 2.76. The van der Waals surface area contributed by atoms with E-state index in [1.165, 1.54) is 36.9 Å². The molecule has 1 aromatic carbocycles. The first kappa shape index (κ1) is 9.57. The van der Waals surface area contributed by atoms with Crippen LogP contribution < -0.4 is 4.90 Å². The van der Waals surface area contributed by atoms with E-state index in [0.717, 1.165) is 6.04 Å². The van der Waals surface area contributed by atoms with Crippen molar-refractivity contribution < 1.29 is 0 Å². The molecule has 0 atom stereocenters. The predicted molar refractivity (Wildman–Crippen MR) is 61.8 cm³/mol. The summed E-state index contributed by atoms with van der Waals surface area (Å²) in [4.78, 5) is 2.46. The van der Waals surface area contributed by atoms with Gasteiger partial charge in [-0.2, -0.15) is 0 Å². The maximum absolute atomic E-state index is 2.46. The Hall–Kier alpha value is -0.980. The van der Waals surface area contributed by atoms with Gasteiger partial charge in [0.15, 0.2) is 0 Å². The van der Waals surface area contributed by atoms with E-state index in [-0.39, 0.29) is 0 Å². The SMILES string of the molecule is Cc1ccccc1N(C)C1CCCC1. The highest BCUT2D eigenvalue weighted by atomic mass is 15.1. The van der Waals surface area contributed by atoms with Crippen molar-refractivity contribution in [1.29, 1.82) is 0 Å². The lowest BCUT2D eigenvalue weighted by atomic mass is 10.1. The maximum atomic E-state index is 2.46. The molecule has 1 aromatic rings. The van der Waals surface area contributed by atoms with Crippen molar-refractivity contribution in [1.82, 2.24) is 0 Å². The standard InChI is InChI=1S/C13H19N/c1-11-7-3-6-10-13(11)14(2)12-8-4-5-9-12/h3,6-7,10,12H,4-5,8-9H2,1-2H3. The molecular weight excluding hydrogens is 170 g/mol. The lowest BCUT2D eigenvalue weighted by molar-refractivity contribution is 0.652. The van der Waals surface area contributed by atoms with Crippen LogP contribution in [0.3, 0.4) is 0 Å². The molecule has 1 heteroatoms. The molecule has 0 saturated heterocycles. The van der Waals surface area contributed by atoms with Crippen LogP contribution in [-0.4, -0.2) is 13.1 Å². The minimum atomic E-state index is 0.774. The maximum Gasteiger partial charge on any atom is 0.0395 e. The normalized spacial score (nSPS) is 17.3. The smallest absolute Gasteiger partial charge is 0.0395 e. The van der Waals surface area contributed by atoms with Crippen LogP contribution in [0.4, 0.5) is 5.69 Å². The van der Waals surface area contributed by atoms with Gasteiger partial charge in [-0.15, -0.1) is 0 Å². The van der Waals surface area contributed by atoms with Crippen molar-refractivity contribution in [3.63, 3.8) is 0 Å². The Bertz CT molecular complexity index is 300. The van der Waals surface area contributed by atoms with Gasteiger partial charge in [0, 0.05) is 18.8 Å². The first-order valence-electron chi connectivity index (χ1n) is 5.57. The summed E-state index contributed by atoms with van der Waals surface area (Å²) in [6, 6.07) is 9.44. The molecule has 1 saturated carbocycles. The summed E-state index contributed by atoms with van der Waals surface area (Å²) < 4.78 is 0. The lowest BCUT2D eigenvalue weighted by Crippen LogP contribution is -2.29. The highest BCUT2D eigenvalue weighted by Crippen LogP contribution is 2.28. The fourth-order valence-electron chi connectivity index (χ4n) is 2.45. The Labute approximate surface area is 86.7 Å². The van der Waals surface area contributed by atoms with Gasteiger partial charge in [-0.1, -0.05) is 31.0 Å². The Balaban J connectivity index is 2.17. The Morgan fingerprint density at radius 1 is 1.14 bits per heavy atom. The van der Waals surface area contributed by atoms with Gasteiger partial charge in [0.25, 0.3) is 0 Å². The van der Waals surface area contributed by atoms with E-state index in [1.807, 2.05) is 0 Å². The zero-order chi connectivity index (χ0) is 9.97. The zero-order valence-electron chi connectivity index (χ0n) is 9.16. The minimum Gasteiger partial charge on any atom is -0.371 e. The number of anilines is 1. The average Bonchev–Trinajstić information content (AvgIpc) is 2.70. The summed E-state index contributed by atoms with van der Waals surface area (Å²) in [7, 11) is 2.23. The number of para-hydroxylation sites is 1. The molecule has 0 aliphatic heterocycles. The highest BCUT2D eigenvalue weighted by Gasteiger charge is 2.20. The third-order valence-electron chi connectivity index (χ3n) is 3.37. The van der Waals surface area contributed by atoms with Crippen LogP contribution in [0.25, 0.3) is 0 Å². The van der Waals surface area contributed by atoms with Crippen LogP contribution in [0.2, 0.25) is 0 Å². The van der Waals surface area contributed by atoms with E-state index in [9.17, 15) is 0 Å². The van der Waals surface area contributed by atoms with Gasteiger partial charge < -0.3 is 4.90 Å². The molecule has 2 rings (SSSR count). The average molecular weight is 189 g/mol. The number of rotatable bonds is 2. The van der Waals surface area contributed by atoms with E-state index in [0.29, 0.717) is 0 Å². The summed E-state index contributed by atoms with van der Waals surface area (Å²) in [5.74, 6) is 0. The first-order valence-corrected chi connectivity index (χ1v) is 5.57. The number of hydrogen-bond donors (Lipinski definition) is 0. The van der Waals surface area contributed by atoms with Crippen molar-refractivity contribution in [3.05, 3.63) is 29.8 Å². The molecule has 0 heterocycles. The van der Waals surface area contributed by atoms with Crippen LogP contribution >= 0.6 is 0 Å². The molecule has 0 amide bonds. The summed E-state index contributed by atoms with van der Waals surface area (Å²) in [6.07, 6.45) is 5.54. The fraction of sp³-hybridized carbons (Fsp3) is 0.538. The number of aryl methyl sites for hydroxylation is 1. The van der Waals surface area contributed by atoms with Crippen molar-refractivity contribution in [2.45, 2.75) is 38.6 Å². The molecule has 0 N–H and O–H groups in total. The first-order chi connectivity index (χ1) is 6.79. The van der Waals surface area contributed by atoms with E-state index >= 15 is 0 Å². The summed E-state index contributed by atoms with van der Waals surface area (Å²) >= 11 is 0. The van der Waals surface area contributed by atoms with Crippen LogP contribution in [0, 0.1) is 6.92 Å². The van der Waals surface area contributed by atoms with Crippen molar-refractivity contribution in [2.24, 2.45) is 0 Å². The fourth-order valence-corrected chi connectivity index (χ4v) is 2.45. The van der Waals surface area contributed by atoms with Gasteiger partial charge in [0.2, 0.25) is 0 Å². The minimum absolute atomic E-state index is 0.774. The number of hydrogen-bond acceptors (Lipinski definition) is 1. The Morgan fingerprint density at radius 3 is 2.43 bits per heavy atom. The number of benzene rings is 1. The lowest BCUT2D eigenvalue weighted by Gasteiger charge is -2.27. The zero-order valence-corrected chi connectivity index (χ0v) is 9.16. The third-order valence-corrected chi connectivity index (χ3v) is 3.37. The van der Waals surface area contributed by atoms with Crippen molar-refractivity contribution in [3.8, 4) is 0 Å². The van der Waals surface area contributed by atoms with Crippen molar-refractivity contribution in [2.75, 3.05) is 11.9 Å². The molecule has 1 fully saturated rings. The van der Waals surface area contributed by atoms with Crippen LogP contribution in [-0.2, 0) is 0 Å². The topological polar surface area (TPSA) is 3.24 Å². The molecule has 0 bridgehead atoms.